The van der Waals surface area contributed by atoms with Crippen molar-refractivity contribution < 1.29 is 22.7 Å². The van der Waals surface area contributed by atoms with Gasteiger partial charge in [0.1, 0.15) is 17.1 Å². The van der Waals surface area contributed by atoms with Gasteiger partial charge in [-0.15, -0.1) is 0 Å². The smallest absolute Gasteiger partial charge is 0.268 e. The molecule has 1 aliphatic rings. The fourth-order valence-corrected chi connectivity index (χ4v) is 7.35. The van der Waals surface area contributed by atoms with Gasteiger partial charge in [-0.05, 0) is 73.4 Å². The number of carbonyl (C=O) groups is 1. The Morgan fingerprint density at radius 2 is 1.65 bits per heavy atom. The lowest BCUT2D eigenvalue weighted by Crippen LogP contribution is -2.35. The fourth-order valence-electron chi connectivity index (χ4n) is 6.18. The summed E-state index contributed by atoms with van der Waals surface area (Å²) >= 11 is 0. The van der Waals surface area contributed by atoms with Crippen molar-refractivity contribution >= 4 is 27.1 Å². The van der Waals surface area contributed by atoms with Gasteiger partial charge < -0.3 is 14.0 Å². The molecule has 1 aliphatic heterocycles. The first-order valence-electron chi connectivity index (χ1n) is 16.3. The molecular formula is C37H41N5O5S. The average molecular weight is 668 g/mol. The maximum absolute atomic E-state index is 13.9. The lowest BCUT2D eigenvalue weighted by molar-refractivity contribution is 0.0342. The highest BCUT2D eigenvalue weighted by Crippen LogP contribution is 2.31. The van der Waals surface area contributed by atoms with E-state index >= 15 is 0 Å². The second-order valence-electron chi connectivity index (χ2n) is 12.0. The number of carbonyl (C=O) groups excluding carboxylic acids is 1. The van der Waals surface area contributed by atoms with Crippen molar-refractivity contribution in [2.75, 3.05) is 32.9 Å². The van der Waals surface area contributed by atoms with Gasteiger partial charge in [-0.1, -0.05) is 49.4 Å². The molecule has 0 bridgehead atoms. The fraction of sp³-hybridized carbons (Fsp3) is 0.324. The van der Waals surface area contributed by atoms with Crippen LogP contribution in [0, 0.1) is 13.8 Å². The van der Waals surface area contributed by atoms with E-state index in [1.807, 2.05) is 49.4 Å². The molecule has 0 radical (unpaired) electrons. The molecule has 10 nitrogen and oxygen atoms in total. The number of hydrogen-bond donors (Lipinski definition) is 1. The van der Waals surface area contributed by atoms with E-state index in [4.69, 9.17) is 19.4 Å². The van der Waals surface area contributed by atoms with Crippen LogP contribution in [-0.4, -0.2) is 66.7 Å². The van der Waals surface area contributed by atoms with Crippen LogP contribution in [-0.2, 0) is 34.3 Å². The van der Waals surface area contributed by atoms with E-state index in [1.54, 1.807) is 37.3 Å². The predicted molar refractivity (Wildman–Crippen MR) is 186 cm³/mol. The Kier molecular flexibility index (Phi) is 9.91. The molecule has 0 saturated carbocycles. The van der Waals surface area contributed by atoms with Crippen LogP contribution in [0.4, 0.5) is 0 Å². The number of nitrogens with zero attached hydrogens (tertiary/aromatic N) is 4. The number of imidazole rings is 1. The van der Waals surface area contributed by atoms with Gasteiger partial charge in [0.2, 0.25) is 0 Å². The van der Waals surface area contributed by atoms with E-state index < -0.39 is 15.9 Å². The minimum absolute atomic E-state index is 0.0206. The molecular weight excluding hydrogens is 627 g/mol. The monoisotopic (exact) mass is 667 g/mol. The van der Waals surface area contributed by atoms with Crippen LogP contribution in [0.1, 0.15) is 52.4 Å². The summed E-state index contributed by atoms with van der Waals surface area (Å²) in [5, 5.41) is 0. The highest BCUT2D eigenvalue weighted by Gasteiger charge is 2.25. The van der Waals surface area contributed by atoms with Crippen LogP contribution < -0.4 is 9.46 Å². The summed E-state index contributed by atoms with van der Waals surface area (Å²) in [4.78, 5) is 25.3. The number of hydrogen-bond acceptors (Lipinski definition) is 8. The Hall–Kier alpha value is -4.58. The first-order chi connectivity index (χ1) is 23.2. The van der Waals surface area contributed by atoms with E-state index in [2.05, 4.69) is 28.0 Å². The van der Waals surface area contributed by atoms with Crippen LogP contribution >= 0.6 is 0 Å². The number of morpholine rings is 1. The highest BCUT2D eigenvalue weighted by molar-refractivity contribution is 7.90. The summed E-state index contributed by atoms with van der Waals surface area (Å²) in [6.45, 7) is 12.4. The summed E-state index contributed by atoms with van der Waals surface area (Å²) in [7, 11) is -4.27. The Morgan fingerprint density at radius 1 is 0.917 bits per heavy atom. The molecule has 0 spiro atoms. The summed E-state index contributed by atoms with van der Waals surface area (Å²) in [6.07, 6.45) is 0.769. The topological polar surface area (TPSA) is 116 Å². The van der Waals surface area contributed by atoms with Crippen LogP contribution in [0.2, 0.25) is 0 Å². The number of aromatic nitrogens is 3. The largest absolute Gasteiger partial charge is 0.493 e. The second-order valence-corrected chi connectivity index (χ2v) is 13.7. The molecule has 250 valence electrons. The average Bonchev–Trinajstić information content (AvgIpc) is 3.43. The second kappa shape index (κ2) is 14.3. The van der Waals surface area contributed by atoms with Gasteiger partial charge in [-0.25, -0.2) is 23.1 Å². The maximum Gasteiger partial charge on any atom is 0.268 e. The summed E-state index contributed by atoms with van der Waals surface area (Å²) in [6, 6.07) is 21.8. The quantitative estimate of drug-likeness (QED) is 0.192. The zero-order chi connectivity index (χ0) is 33.8. The molecule has 3 heterocycles. The van der Waals surface area contributed by atoms with Crippen molar-refractivity contribution in [3.8, 4) is 16.9 Å². The van der Waals surface area contributed by atoms with Crippen molar-refractivity contribution in [2.24, 2.45) is 0 Å². The van der Waals surface area contributed by atoms with Crippen molar-refractivity contribution in [1.82, 2.24) is 24.2 Å². The molecule has 0 atom stereocenters. The standard InChI is InChI=1S/C37H41N5O5S/c1-5-34-39-35-25(3)21-26(4)38-36(35)42(34)24-27-11-14-29(15-12-27)31-22-28(23-41-17-19-46-20-18-41)13-16-33(31)48(44,45)40-37(43)30-9-7-8-10-32(30)47-6-2/h7-16,21-22H,5-6,17-20,23-24H2,1-4H3,(H,40,43). The lowest BCUT2D eigenvalue weighted by atomic mass is 10.0. The van der Waals surface area contributed by atoms with Crippen molar-refractivity contribution in [1.29, 1.82) is 0 Å². The van der Waals surface area contributed by atoms with Gasteiger partial charge in [-0.3, -0.25) is 9.69 Å². The lowest BCUT2D eigenvalue weighted by Gasteiger charge is -2.27. The third kappa shape index (κ3) is 7.13. The Morgan fingerprint density at radius 3 is 2.38 bits per heavy atom. The van der Waals surface area contributed by atoms with Crippen molar-refractivity contribution in [2.45, 2.75) is 52.1 Å². The minimum Gasteiger partial charge on any atom is -0.493 e. The van der Waals surface area contributed by atoms with Gasteiger partial charge in [0.15, 0.2) is 5.65 Å². The summed E-state index contributed by atoms with van der Waals surface area (Å²) in [5.74, 6) is 0.527. The normalized spacial score (nSPS) is 13.9. The molecule has 2 aromatic heterocycles. The zero-order valence-corrected chi connectivity index (χ0v) is 28.6. The van der Waals surface area contributed by atoms with Crippen LogP contribution in [0.25, 0.3) is 22.3 Å². The number of para-hydroxylation sites is 1. The molecule has 0 aliphatic carbocycles. The SMILES string of the molecule is CCOc1ccccc1C(=O)NS(=O)(=O)c1ccc(CN2CCOCC2)cc1-c1ccc(Cn2c(CC)nc3c(C)cc(C)nc32)cc1. The van der Waals surface area contributed by atoms with Gasteiger partial charge in [0.05, 0.1) is 36.8 Å². The van der Waals surface area contributed by atoms with Crippen LogP contribution in [0.15, 0.2) is 77.7 Å². The van der Waals surface area contributed by atoms with Gasteiger partial charge >= 0.3 is 0 Å². The number of nitrogens with one attached hydrogen (secondary N) is 1. The van der Waals surface area contributed by atoms with Crippen LogP contribution in [0.3, 0.4) is 0 Å². The first kappa shape index (κ1) is 33.3. The third-order valence-corrected chi connectivity index (χ3v) is 9.91. The molecule has 1 amide bonds. The van der Waals surface area contributed by atoms with E-state index in [0.29, 0.717) is 44.2 Å². The van der Waals surface area contributed by atoms with Gasteiger partial charge in [0.25, 0.3) is 15.9 Å². The van der Waals surface area contributed by atoms with E-state index in [0.717, 1.165) is 64.4 Å². The van der Waals surface area contributed by atoms with Crippen molar-refractivity contribution in [3.05, 3.63) is 107 Å². The molecule has 11 heteroatoms. The minimum atomic E-state index is -4.27. The molecule has 1 saturated heterocycles. The number of benzene rings is 3. The molecule has 3 aromatic carbocycles. The molecule has 6 rings (SSSR count). The number of fused-ring (bicyclic) bond motifs is 1. The number of rotatable bonds is 11. The maximum atomic E-state index is 13.9. The highest BCUT2D eigenvalue weighted by atomic mass is 32.2. The van der Waals surface area contributed by atoms with E-state index in [9.17, 15) is 13.2 Å². The van der Waals surface area contributed by atoms with E-state index in [-0.39, 0.29) is 10.5 Å². The number of pyridine rings is 1. The number of aryl methyl sites for hydroxylation is 3. The van der Waals surface area contributed by atoms with Gasteiger partial charge in [0, 0.05) is 37.3 Å². The number of amides is 1. The van der Waals surface area contributed by atoms with Gasteiger partial charge in [-0.2, -0.15) is 0 Å². The zero-order valence-electron chi connectivity index (χ0n) is 27.8. The Balaban J connectivity index is 1.34. The first-order valence-corrected chi connectivity index (χ1v) is 17.8. The van der Waals surface area contributed by atoms with Crippen LogP contribution in [0.5, 0.6) is 5.75 Å². The van der Waals surface area contributed by atoms with E-state index in [1.165, 1.54) is 0 Å². The summed E-state index contributed by atoms with van der Waals surface area (Å²) in [5.41, 5.74) is 7.20. The molecule has 0 unspecified atom stereocenters. The molecule has 48 heavy (non-hydrogen) atoms. The molecule has 1 N–H and O–H groups in total. The number of sulfonamides is 1. The number of ether oxygens (including phenoxy) is 2. The summed E-state index contributed by atoms with van der Waals surface area (Å²) < 4.78 is 43.3. The predicted octanol–water partition coefficient (Wildman–Crippen LogP) is 5.68. The Bertz CT molecular complexity index is 2050. The Labute approximate surface area is 281 Å². The molecule has 1 fully saturated rings. The third-order valence-electron chi connectivity index (χ3n) is 8.52. The van der Waals surface area contributed by atoms with Crippen molar-refractivity contribution in [3.63, 3.8) is 0 Å². The molecule has 5 aromatic rings.